The van der Waals surface area contributed by atoms with E-state index in [1.807, 2.05) is 0 Å². The number of hydrogen-bond donors (Lipinski definition) is 2. The normalized spacial score (nSPS) is 21.9. The lowest BCUT2D eigenvalue weighted by Gasteiger charge is -2.19. The quantitative estimate of drug-likeness (QED) is 0.739. The zero-order valence-electron chi connectivity index (χ0n) is 14.9. The molecule has 1 saturated heterocycles. The monoisotopic (exact) mass is 377 g/mol. The molecule has 1 fully saturated rings. The summed E-state index contributed by atoms with van der Waals surface area (Å²) in [7, 11) is 2.87. The van der Waals surface area contributed by atoms with Gasteiger partial charge in [-0.3, -0.25) is 9.59 Å². The highest BCUT2D eigenvalue weighted by atomic mass is 19.1. The van der Waals surface area contributed by atoms with Crippen LogP contribution in [-0.4, -0.2) is 56.4 Å². The van der Waals surface area contributed by atoms with Crippen molar-refractivity contribution >= 4 is 22.6 Å². The van der Waals surface area contributed by atoms with Crippen LogP contribution in [0.5, 0.6) is 11.6 Å². The van der Waals surface area contributed by atoms with Crippen LogP contribution in [0.3, 0.4) is 0 Å². The molecule has 2 aromatic rings. The molecule has 27 heavy (non-hydrogen) atoms. The Balaban J connectivity index is 1.87. The van der Waals surface area contributed by atoms with Crippen molar-refractivity contribution in [2.24, 2.45) is 11.7 Å². The summed E-state index contributed by atoms with van der Waals surface area (Å²) in [6, 6.07) is 4.36. The van der Waals surface area contributed by atoms with E-state index in [1.165, 1.54) is 20.4 Å². The number of alkyl halides is 1. The minimum Gasteiger partial charge on any atom is -0.496 e. The van der Waals surface area contributed by atoms with Crippen LogP contribution < -0.4 is 20.5 Å². The Kier molecular flexibility index (Phi) is 5.41. The van der Waals surface area contributed by atoms with Crippen LogP contribution in [0, 0.1) is 5.92 Å². The summed E-state index contributed by atoms with van der Waals surface area (Å²) in [6.07, 6.45) is -0.121. The third kappa shape index (κ3) is 3.63. The van der Waals surface area contributed by atoms with E-state index in [2.05, 4.69) is 10.3 Å². The summed E-state index contributed by atoms with van der Waals surface area (Å²) in [4.78, 5) is 27.4. The number of carbonyl (C=O) groups is 2. The molecule has 3 atom stereocenters. The van der Waals surface area contributed by atoms with Crippen molar-refractivity contribution in [3.63, 3.8) is 0 Å². The van der Waals surface area contributed by atoms with Gasteiger partial charge in [0.1, 0.15) is 12.4 Å². The molecule has 144 valence electrons. The van der Waals surface area contributed by atoms with E-state index in [0.717, 1.165) is 0 Å². The van der Waals surface area contributed by atoms with Gasteiger partial charge in [-0.05, 0) is 23.6 Å². The molecule has 1 aliphatic heterocycles. The SMILES string of the molecule is COCC1C(COc2nccc3cc(C(N)=O)c(OC)cc23)NC(=O)C1F. The number of rotatable bonds is 7. The summed E-state index contributed by atoms with van der Waals surface area (Å²) < 4.78 is 30.0. The first-order valence-electron chi connectivity index (χ1n) is 8.29. The van der Waals surface area contributed by atoms with Crippen molar-refractivity contribution < 1.29 is 28.2 Å². The minimum atomic E-state index is -1.64. The van der Waals surface area contributed by atoms with E-state index in [0.29, 0.717) is 16.5 Å². The highest BCUT2D eigenvalue weighted by Gasteiger charge is 2.43. The molecule has 0 spiro atoms. The molecule has 3 rings (SSSR count). The summed E-state index contributed by atoms with van der Waals surface area (Å²) in [5, 5.41) is 3.85. The van der Waals surface area contributed by atoms with Crippen LogP contribution >= 0.6 is 0 Å². The van der Waals surface area contributed by atoms with Crippen LogP contribution in [-0.2, 0) is 9.53 Å². The zero-order chi connectivity index (χ0) is 19.6. The molecule has 1 aliphatic rings. The molecule has 0 bridgehead atoms. The number of aromatic nitrogens is 1. The van der Waals surface area contributed by atoms with Crippen LogP contribution in [0.15, 0.2) is 24.4 Å². The molecule has 2 amide bonds. The fourth-order valence-electron chi connectivity index (χ4n) is 3.15. The van der Waals surface area contributed by atoms with E-state index in [1.54, 1.807) is 18.2 Å². The van der Waals surface area contributed by atoms with Gasteiger partial charge < -0.3 is 25.3 Å². The van der Waals surface area contributed by atoms with Crippen molar-refractivity contribution in [1.29, 1.82) is 0 Å². The fourth-order valence-corrected chi connectivity index (χ4v) is 3.15. The molecule has 0 aliphatic carbocycles. The first kappa shape index (κ1) is 18.8. The molecule has 0 radical (unpaired) electrons. The Labute approximate surface area is 154 Å². The molecule has 3 N–H and O–H groups in total. The number of nitrogens with one attached hydrogen (secondary N) is 1. The van der Waals surface area contributed by atoms with Gasteiger partial charge in [-0.2, -0.15) is 0 Å². The molecular weight excluding hydrogens is 357 g/mol. The van der Waals surface area contributed by atoms with Gasteiger partial charge in [-0.15, -0.1) is 0 Å². The van der Waals surface area contributed by atoms with Crippen molar-refractivity contribution in [2.75, 3.05) is 27.4 Å². The van der Waals surface area contributed by atoms with E-state index >= 15 is 0 Å². The van der Waals surface area contributed by atoms with Gasteiger partial charge in [0.15, 0.2) is 6.17 Å². The predicted molar refractivity (Wildman–Crippen MR) is 94.5 cm³/mol. The molecule has 1 aromatic heterocycles. The first-order valence-corrected chi connectivity index (χ1v) is 8.29. The maximum atomic E-state index is 14.0. The van der Waals surface area contributed by atoms with Crippen molar-refractivity contribution in [1.82, 2.24) is 10.3 Å². The third-order valence-corrected chi connectivity index (χ3v) is 4.54. The van der Waals surface area contributed by atoms with Gasteiger partial charge in [-0.1, -0.05) is 0 Å². The number of primary amides is 1. The largest absolute Gasteiger partial charge is 0.496 e. The van der Waals surface area contributed by atoms with E-state index < -0.39 is 29.9 Å². The van der Waals surface area contributed by atoms with E-state index in [-0.39, 0.29) is 24.7 Å². The van der Waals surface area contributed by atoms with Crippen LogP contribution in [0.1, 0.15) is 10.4 Å². The topological polar surface area (TPSA) is 113 Å². The predicted octanol–water partition coefficient (Wildman–Crippen LogP) is 0.820. The molecular formula is C18H20FN3O5. The second-order valence-corrected chi connectivity index (χ2v) is 6.20. The average Bonchev–Trinajstić information content (AvgIpc) is 2.93. The summed E-state index contributed by atoms with van der Waals surface area (Å²) in [5.74, 6) is -1.37. The van der Waals surface area contributed by atoms with Crippen molar-refractivity contribution in [3.05, 3.63) is 30.0 Å². The number of nitrogens with two attached hydrogens (primary N) is 1. The Morgan fingerprint density at radius 2 is 2.11 bits per heavy atom. The van der Waals surface area contributed by atoms with Crippen LogP contribution in [0.2, 0.25) is 0 Å². The van der Waals surface area contributed by atoms with Crippen LogP contribution in [0.25, 0.3) is 10.8 Å². The summed E-state index contributed by atoms with van der Waals surface area (Å²) >= 11 is 0. The Morgan fingerprint density at radius 1 is 1.33 bits per heavy atom. The van der Waals surface area contributed by atoms with E-state index in [9.17, 15) is 14.0 Å². The summed E-state index contributed by atoms with van der Waals surface area (Å²) in [5.41, 5.74) is 5.62. The molecule has 8 nitrogen and oxygen atoms in total. The maximum absolute atomic E-state index is 14.0. The van der Waals surface area contributed by atoms with Gasteiger partial charge in [0.2, 0.25) is 5.88 Å². The number of fused-ring (bicyclic) bond motifs is 1. The number of amides is 2. The second kappa shape index (κ2) is 7.75. The standard InChI is InChI=1S/C18H20FN3O5/c1-25-7-12-13(22-17(24)15(12)19)8-27-18-10-6-14(26-2)11(16(20)23)5-9(10)3-4-21-18/h3-6,12-13,15H,7-8H2,1-2H3,(H2,20,23)(H,22,24). The lowest BCUT2D eigenvalue weighted by molar-refractivity contribution is -0.124. The van der Waals surface area contributed by atoms with Gasteiger partial charge in [0.25, 0.3) is 11.8 Å². The second-order valence-electron chi connectivity index (χ2n) is 6.20. The molecule has 3 unspecified atom stereocenters. The average molecular weight is 377 g/mol. The van der Waals surface area contributed by atoms with Gasteiger partial charge in [0, 0.05) is 24.6 Å². The number of hydrogen-bond acceptors (Lipinski definition) is 6. The zero-order valence-corrected chi connectivity index (χ0v) is 14.9. The lowest BCUT2D eigenvalue weighted by atomic mass is 10.0. The molecule has 2 heterocycles. The maximum Gasteiger partial charge on any atom is 0.255 e. The summed E-state index contributed by atoms with van der Waals surface area (Å²) in [6.45, 7) is 0.110. The highest BCUT2D eigenvalue weighted by Crippen LogP contribution is 2.31. The number of carbonyl (C=O) groups excluding carboxylic acids is 2. The van der Waals surface area contributed by atoms with Gasteiger partial charge in [-0.25, -0.2) is 9.37 Å². The minimum absolute atomic E-state index is 0.0200. The van der Waals surface area contributed by atoms with Crippen molar-refractivity contribution in [2.45, 2.75) is 12.2 Å². The Bertz CT molecular complexity index is 875. The number of methoxy groups -OCH3 is 2. The number of ether oxygens (including phenoxy) is 3. The molecule has 1 aromatic carbocycles. The number of benzene rings is 1. The Hall–Kier alpha value is -2.94. The van der Waals surface area contributed by atoms with Crippen LogP contribution in [0.4, 0.5) is 4.39 Å². The molecule has 0 saturated carbocycles. The number of pyridine rings is 1. The molecule has 9 heteroatoms. The Morgan fingerprint density at radius 3 is 2.78 bits per heavy atom. The number of halogens is 1. The first-order chi connectivity index (χ1) is 13.0. The fraction of sp³-hybridized carbons (Fsp3) is 0.389. The highest BCUT2D eigenvalue weighted by molar-refractivity contribution is 6.01. The van der Waals surface area contributed by atoms with Gasteiger partial charge >= 0.3 is 0 Å². The number of nitrogens with zero attached hydrogens (tertiary/aromatic N) is 1. The van der Waals surface area contributed by atoms with Gasteiger partial charge in [0.05, 0.1) is 25.3 Å². The van der Waals surface area contributed by atoms with Crippen molar-refractivity contribution in [3.8, 4) is 11.6 Å². The third-order valence-electron chi connectivity index (χ3n) is 4.54. The lowest BCUT2D eigenvalue weighted by Crippen LogP contribution is -2.36. The van der Waals surface area contributed by atoms with E-state index in [4.69, 9.17) is 19.9 Å². The smallest absolute Gasteiger partial charge is 0.255 e.